The second-order valence-corrected chi connectivity index (χ2v) is 4.36. The first kappa shape index (κ1) is 5.81. The highest BCUT2D eigenvalue weighted by Crippen LogP contribution is 2.33. The Morgan fingerprint density at radius 1 is 1.31 bits per heavy atom. The number of rotatable bonds is 2. The van der Waals surface area contributed by atoms with Gasteiger partial charge in [0.15, 0.2) is 0 Å². The topological polar surface area (TPSA) is 0 Å². The summed E-state index contributed by atoms with van der Waals surface area (Å²) in [5.74, 6) is 0.393. The minimum atomic E-state index is -3.27. The normalized spacial score (nSPS) is 31.8. The molecule has 0 radical (unpaired) electrons. The van der Waals surface area contributed by atoms with Gasteiger partial charge in [0.1, 0.15) is 0 Å². The van der Waals surface area contributed by atoms with Crippen LogP contribution in [0.5, 0.6) is 0 Å². The van der Waals surface area contributed by atoms with Gasteiger partial charge in [-0.05, 0) is 29.9 Å². The van der Waals surface area contributed by atoms with E-state index in [0.29, 0.717) is 5.92 Å². The molecule has 0 nitrogen and oxygen atoms in total. The minimum absolute atomic E-state index is 0.147. The first-order chi connectivity index (χ1) is 7.57. The largest absolute Gasteiger partial charge is 0.0890 e. The SMILES string of the molecule is [3H][Si]([3H])([3H])C1C=CCC(c2ccccc2)C1. The number of allylic oxidation sites excluding steroid dienone is 2. The molecule has 2 atom stereocenters. The van der Waals surface area contributed by atoms with Crippen molar-refractivity contribution in [2.75, 3.05) is 0 Å². The summed E-state index contributed by atoms with van der Waals surface area (Å²) < 4.78 is 22.8. The van der Waals surface area contributed by atoms with Crippen LogP contribution in [0.3, 0.4) is 0 Å². The van der Waals surface area contributed by atoms with Gasteiger partial charge in [0, 0.05) is 13.7 Å². The number of hydrogen-bond acceptors (Lipinski definition) is 0. The minimum Gasteiger partial charge on any atom is -0.0890 e. The van der Waals surface area contributed by atoms with E-state index in [1.54, 1.807) is 0 Å². The summed E-state index contributed by atoms with van der Waals surface area (Å²) in [6, 6.07) is 10.2. The van der Waals surface area contributed by atoms with Crippen LogP contribution in [-0.2, 0) is 0 Å². The first-order valence-electron chi connectivity index (χ1n) is 6.29. The third kappa shape index (κ3) is 2.10. The Kier molecular flexibility index (Phi) is 1.75. The second-order valence-electron chi connectivity index (χ2n) is 3.61. The maximum absolute atomic E-state index is 7.60. The van der Waals surface area contributed by atoms with Gasteiger partial charge >= 0.3 is 0 Å². The van der Waals surface area contributed by atoms with E-state index in [0.717, 1.165) is 12.8 Å². The zero-order valence-corrected chi connectivity index (χ0v) is 8.61. The van der Waals surface area contributed by atoms with Crippen LogP contribution < -0.4 is 0 Å². The maximum Gasteiger partial charge on any atom is 0.0115 e. The molecule has 0 N–H and O–H groups in total. The van der Waals surface area contributed by atoms with Crippen LogP contribution in [0.4, 0.5) is 0 Å². The predicted octanol–water partition coefficient (Wildman–Crippen LogP) is 2.27. The van der Waals surface area contributed by atoms with Crippen LogP contribution in [0, 0.1) is 0 Å². The first-order valence-corrected chi connectivity index (χ1v) is 5.37. The van der Waals surface area contributed by atoms with Crippen molar-refractivity contribution in [1.29, 1.82) is 3.70 Å². The van der Waals surface area contributed by atoms with Crippen molar-refractivity contribution in [3.8, 4) is 0 Å². The summed E-state index contributed by atoms with van der Waals surface area (Å²) in [4.78, 5) is 0. The average molecular weight is 194 g/mol. The van der Waals surface area contributed by atoms with Crippen LogP contribution in [-0.4, -0.2) is 13.7 Å². The van der Waals surface area contributed by atoms with Crippen LogP contribution in [0.15, 0.2) is 42.5 Å². The highest BCUT2D eigenvalue weighted by atomic mass is 28.1. The van der Waals surface area contributed by atoms with E-state index < -0.39 is 10.0 Å². The molecule has 0 aliphatic heterocycles. The molecule has 1 aliphatic rings. The van der Waals surface area contributed by atoms with E-state index in [9.17, 15) is 0 Å². The fraction of sp³-hybridized carbons (Fsp3) is 0.333. The van der Waals surface area contributed by atoms with Crippen molar-refractivity contribution in [2.24, 2.45) is 0 Å². The zero-order valence-electron chi connectivity index (χ0n) is 10.6. The molecular formula is C12H16Si. The molecule has 0 aromatic heterocycles. The molecule has 13 heavy (non-hydrogen) atoms. The summed E-state index contributed by atoms with van der Waals surface area (Å²) in [7, 11) is -3.27. The molecule has 1 aliphatic carbocycles. The van der Waals surface area contributed by atoms with E-state index in [4.69, 9.17) is 3.70 Å². The van der Waals surface area contributed by atoms with E-state index in [1.807, 2.05) is 30.4 Å². The predicted molar refractivity (Wildman–Crippen MR) is 61.2 cm³/mol. The summed E-state index contributed by atoms with van der Waals surface area (Å²) in [5, 5.41) is 0. The van der Waals surface area contributed by atoms with E-state index >= 15 is 0 Å². The molecule has 0 fully saturated rings. The smallest absolute Gasteiger partial charge is 0.0115 e. The second kappa shape index (κ2) is 3.92. The average Bonchev–Trinajstić information content (AvgIpc) is 2.29. The molecule has 1 heteroatoms. The van der Waals surface area contributed by atoms with Crippen molar-refractivity contribution in [3.63, 3.8) is 0 Å². The fourth-order valence-electron chi connectivity index (χ4n) is 1.89. The van der Waals surface area contributed by atoms with E-state index in [1.165, 1.54) is 5.56 Å². The molecule has 1 aromatic rings. The molecule has 0 saturated heterocycles. The van der Waals surface area contributed by atoms with E-state index in [2.05, 4.69) is 12.1 Å². The quantitative estimate of drug-likeness (QED) is 0.500. The van der Waals surface area contributed by atoms with Crippen molar-refractivity contribution in [1.82, 2.24) is 0 Å². The molecule has 0 amide bonds. The third-order valence-electron chi connectivity index (χ3n) is 2.60. The summed E-state index contributed by atoms with van der Waals surface area (Å²) in [6.45, 7) is 0. The van der Waals surface area contributed by atoms with Crippen molar-refractivity contribution >= 4 is 10.0 Å². The van der Waals surface area contributed by atoms with Gasteiger partial charge in [-0.15, -0.1) is 0 Å². The lowest BCUT2D eigenvalue weighted by molar-refractivity contribution is 0.616. The van der Waals surface area contributed by atoms with Gasteiger partial charge in [-0.1, -0.05) is 42.5 Å². The Labute approximate surface area is 86.8 Å². The van der Waals surface area contributed by atoms with Crippen LogP contribution in [0.1, 0.15) is 24.3 Å². The van der Waals surface area contributed by atoms with Gasteiger partial charge in [-0.3, -0.25) is 0 Å². The lowest BCUT2D eigenvalue weighted by Gasteiger charge is -2.22. The Hall–Kier alpha value is -0.823. The molecular weight excluding hydrogens is 172 g/mol. The highest BCUT2D eigenvalue weighted by molar-refractivity contribution is 6.13. The maximum atomic E-state index is 7.60. The molecule has 0 bridgehead atoms. The summed E-state index contributed by atoms with van der Waals surface area (Å²) >= 11 is 0. The summed E-state index contributed by atoms with van der Waals surface area (Å²) in [5.41, 5.74) is 1.13. The highest BCUT2D eigenvalue weighted by Gasteiger charge is 2.15. The van der Waals surface area contributed by atoms with Gasteiger partial charge in [-0.2, -0.15) is 0 Å². The molecule has 2 rings (SSSR count). The Bertz CT molecular complexity index is 370. The molecule has 2 unspecified atom stereocenters. The molecule has 0 saturated carbocycles. The van der Waals surface area contributed by atoms with Crippen molar-refractivity contribution < 1.29 is 0 Å². The lowest BCUT2D eigenvalue weighted by Crippen LogP contribution is -2.05. The van der Waals surface area contributed by atoms with E-state index in [-0.39, 0.29) is 5.54 Å². The van der Waals surface area contributed by atoms with Gasteiger partial charge in [0.25, 0.3) is 0 Å². The molecule has 68 valence electrons. The van der Waals surface area contributed by atoms with Crippen molar-refractivity contribution in [2.45, 2.75) is 24.3 Å². The van der Waals surface area contributed by atoms with Gasteiger partial charge in [0.05, 0.1) is 0 Å². The molecule has 0 heterocycles. The Morgan fingerprint density at radius 3 is 2.92 bits per heavy atom. The van der Waals surface area contributed by atoms with Gasteiger partial charge < -0.3 is 0 Å². The lowest BCUT2D eigenvalue weighted by atomic mass is 9.87. The van der Waals surface area contributed by atoms with Crippen LogP contribution in [0.25, 0.3) is 0 Å². The zero-order chi connectivity index (χ0) is 11.6. The van der Waals surface area contributed by atoms with Crippen molar-refractivity contribution in [3.05, 3.63) is 48.0 Å². The Morgan fingerprint density at radius 2 is 2.15 bits per heavy atom. The monoisotopic (exact) mass is 194 g/mol. The fourth-order valence-corrected chi connectivity index (χ4v) is 2.31. The molecule has 0 spiro atoms. The van der Waals surface area contributed by atoms with Gasteiger partial charge in [-0.25, -0.2) is 0 Å². The standard InChI is InChI=1S/C12H16Si/c13-12-8-4-7-11(9-12)10-5-2-1-3-6-10/h1-6,8,11-12H,7,9H2,13H3/i13T3. The van der Waals surface area contributed by atoms with Crippen LogP contribution >= 0.6 is 0 Å². The summed E-state index contributed by atoms with van der Waals surface area (Å²) in [6.07, 6.45) is 5.73. The third-order valence-corrected chi connectivity index (χ3v) is 3.03. The number of benzene rings is 1. The van der Waals surface area contributed by atoms with Gasteiger partial charge in [0.2, 0.25) is 0 Å². The van der Waals surface area contributed by atoms with Crippen LogP contribution in [0.2, 0.25) is 5.54 Å². The molecule has 1 aromatic carbocycles. The Balaban J connectivity index is 2.14. The number of hydrogen-bond donors (Lipinski definition) is 0.